The summed E-state index contributed by atoms with van der Waals surface area (Å²) in [7, 11) is 4.92. The molecule has 0 N–H and O–H groups in total. The molecule has 3 unspecified atom stereocenters. The van der Waals surface area contributed by atoms with Gasteiger partial charge in [0.15, 0.2) is 22.5 Å². The minimum Gasteiger partial charge on any atom is -0.493 e. The van der Waals surface area contributed by atoms with Crippen LogP contribution in [0.4, 0.5) is 0 Å². The van der Waals surface area contributed by atoms with Gasteiger partial charge in [-0.15, -0.1) is 10.2 Å². The molecular weight excluding hydrogens is 440 g/mol. The molecule has 0 radical (unpaired) electrons. The van der Waals surface area contributed by atoms with E-state index in [9.17, 15) is 4.79 Å². The lowest BCUT2D eigenvalue weighted by atomic mass is 9.92. The number of piperidine rings is 1. The van der Waals surface area contributed by atoms with E-state index in [1.807, 2.05) is 30.0 Å². The van der Waals surface area contributed by atoms with Crippen LogP contribution in [-0.2, 0) is 16.1 Å². The van der Waals surface area contributed by atoms with Gasteiger partial charge in [-0.25, -0.2) is 0 Å². The molecule has 3 atom stereocenters. The second-order valence-electron chi connectivity index (χ2n) is 8.82. The van der Waals surface area contributed by atoms with Crippen LogP contribution in [0.25, 0.3) is 11.4 Å². The summed E-state index contributed by atoms with van der Waals surface area (Å²) in [5, 5.41) is 9.42. The summed E-state index contributed by atoms with van der Waals surface area (Å²) < 4.78 is 18.1. The number of likely N-dealkylation sites (tertiary alicyclic amines) is 1. The Hall–Kier alpha value is -2.26. The summed E-state index contributed by atoms with van der Waals surface area (Å²) in [6, 6.07) is 5.70. The maximum Gasteiger partial charge on any atom is 0.235 e. The van der Waals surface area contributed by atoms with E-state index < -0.39 is 0 Å². The van der Waals surface area contributed by atoms with Gasteiger partial charge in [0, 0.05) is 38.9 Å². The number of aromatic nitrogens is 3. The number of rotatable bonds is 10. The lowest BCUT2D eigenvalue weighted by Crippen LogP contribution is -2.45. The fourth-order valence-electron chi connectivity index (χ4n) is 4.44. The average Bonchev–Trinajstić information content (AvgIpc) is 3.19. The normalized spacial score (nSPS) is 19.4. The fraction of sp³-hybridized carbons (Fsp3) is 0.625. The van der Waals surface area contributed by atoms with E-state index in [1.54, 1.807) is 21.3 Å². The molecule has 0 saturated carbocycles. The summed E-state index contributed by atoms with van der Waals surface area (Å²) in [6.07, 6.45) is 1.99. The summed E-state index contributed by atoms with van der Waals surface area (Å²) in [4.78, 5) is 15.2. The Labute approximate surface area is 201 Å². The quantitative estimate of drug-likeness (QED) is 0.379. The molecule has 0 aliphatic carbocycles. The van der Waals surface area contributed by atoms with Crippen LogP contribution < -0.4 is 9.47 Å². The highest BCUT2D eigenvalue weighted by atomic mass is 32.2. The van der Waals surface area contributed by atoms with Crippen molar-refractivity contribution in [3.8, 4) is 22.9 Å². The number of hydrogen-bond acceptors (Lipinski definition) is 7. The number of ether oxygens (including phenoxy) is 3. The summed E-state index contributed by atoms with van der Waals surface area (Å²) in [6.45, 7) is 9.36. The first-order chi connectivity index (χ1) is 15.9. The van der Waals surface area contributed by atoms with Crippen molar-refractivity contribution in [2.75, 3.05) is 41.0 Å². The molecule has 1 aliphatic rings. The highest BCUT2D eigenvalue weighted by molar-refractivity contribution is 8.00. The Kier molecular flexibility index (Phi) is 9.02. The van der Waals surface area contributed by atoms with E-state index in [4.69, 9.17) is 14.2 Å². The van der Waals surface area contributed by atoms with Gasteiger partial charge in [0.2, 0.25) is 5.91 Å². The highest BCUT2D eigenvalue weighted by Crippen LogP contribution is 2.34. The van der Waals surface area contributed by atoms with Gasteiger partial charge in [-0.05, 0) is 49.8 Å². The number of methoxy groups -OCH3 is 3. The first kappa shape index (κ1) is 25.4. The van der Waals surface area contributed by atoms with E-state index in [2.05, 4.69) is 28.6 Å². The molecule has 2 aromatic rings. The zero-order valence-corrected chi connectivity index (χ0v) is 21.4. The number of thioether (sulfide) groups is 1. The Balaban J connectivity index is 1.84. The van der Waals surface area contributed by atoms with Crippen molar-refractivity contribution in [3.63, 3.8) is 0 Å². The largest absolute Gasteiger partial charge is 0.493 e. The number of nitrogens with zero attached hydrogens (tertiary/aromatic N) is 4. The fourth-order valence-corrected chi connectivity index (χ4v) is 5.40. The van der Waals surface area contributed by atoms with E-state index in [-0.39, 0.29) is 11.2 Å². The van der Waals surface area contributed by atoms with Crippen molar-refractivity contribution in [2.45, 2.75) is 50.6 Å². The lowest BCUT2D eigenvalue weighted by Gasteiger charge is -2.36. The molecule has 2 heterocycles. The molecule has 33 heavy (non-hydrogen) atoms. The molecule has 1 amide bonds. The van der Waals surface area contributed by atoms with Crippen molar-refractivity contribution in [1.29, 1.82) is 0 Å². The minimum absolute atomic E-state index is 0.164. The molecule has 3 rings (SSSR count). The molecule has 182 valence electrons. The zero-order valence-electron chi connectivity index (χ0n) is 20.5. The maximum absolute atomic E-state index is 13.2. The van der Waals surface area contributed by atoms with Crippen LogP contribution in [0.2, 0.25) is 0 Å². The molecule has 0 spiro atoms. The highest BCUT2D eigenvalue weighted by Gasteiger charge is 2.30. The molecule has 1 fully saturated rings. The predicted octanol–water partition coefficient (Wildman–Crippen LogP) is 3.98. The Morgan fingerprint density at radius 3 is 2.45 bits per heavy atom. The van der Waals surface area contributed by atoms with Gasteiger partial charge >= 0.3 is 0 Å². The summed E-state index contributed by atoms with van der Waals surface area (Å²) >= 11 is 1.47. The van der Waals surface area contributed by atoms with Gasteiger partial charge < -0.3 is 23.7 Å². The van der Waals surface area contributed by atoms with Gasteiger partial charge in [-0.2, -0.15) is 0 Å². The third-order valence-corrected chi connectivity index (χ3v) is 6.97. The number of hydrogen-bond donors (Lipinski definition) is 0. The first-order valence-corrected chi connectivity index (χ1v) is 12.4. The topological polar surface area (TPSA) is 78.7 Å². The number of benzene rings is 1. The van der Waals surface area contributed by atoms with E-state index in [1.165, 1.54) is 18.2 Å². The third kappa shape index (κ3) is 6.20. The SMILES string of the molecule is COCCCn1c(SC(C)C(=O)N2CC(C)CC(C)C2)nnc1-c1ccc(OC)c(OC)c1. The van der Waals surface area contributed by atoms with Crippen LogP contribution in [0.5, 0.6) is 11.5 Å². The molecule has 1 aromatic carbocycles. The van der Waals surface area contributed by atoms with Crippen molar-refractivity contribution < 1.29 is 19.0 Å². The molecule has 9 heteroatoms. The standard InChI is InChI=1S/C24H36N4O4S/c1-16-12-17(2)15-27(14-16)23(29)18(3)33-24-26-25-22(28(24)10-7-11-30-4)19-8-9-20(31-5)21(13-19)32-6/h8-9,13,16-18H,7,10-12,14-15H2,1-6H3. The lowest BCUT2D eigenvalue weighted by molar-refractivity contribution is -0.132. The average molecular weight is 477 g/mol. The smallest absolute Gasteiger partial charge is 0.235 e. The first-order valence-electron chi connectivity index (χ1n) is 11.5. The molecule has 1 aliphatic heterocycles. The monoisotopic (exact) mass is 476 g/mol. The number of carbonyl (C=O) groups excluding carboxylic acids is 1. The Morgan fingerprint density at radius 1 is 1.12 bits per heavy atom. The van der Waals surface area contributed by atoms with Gasteiger partial charge in [-0.3, -0.25) is 4.79 Å². The third-order valence-electron chi connectivity index (χ3n) is 5.90. The van der Waals surface area contributed by atoms with Crippen LogP contribution in [-0.4, -0.2) is 71.8 Å². The van der Waals surface area contributed by atoms with Crippen LogP contribution >= 0.6 is 11.8 Å². The van der Waals surface area contributed by atoms with Crippen LogP contribution in [0.1, 0.15) is 33.6 Å². The molecule has 8 nitrogen and oxygen atoms in total. The number of amides is 1. The van der Waals surface area contributed by atoms with Gasteiger partial charge in [0.25, 0.3) is 0 Å². The van der Waals surface area contributed by atoms with E-state index in [0.717, 1.165) is 36.1 Å². The summed E-state index contributed by atoms with van der Waals surface area (Å²) in [5.74, 6) is 3.25. The Bertz CT molecular complexity index is 925. The maximum atomic E-state index is 13.2. The van der Waals surface area contributed by atoms with Crippen LogP contribution in [0.15, 0.2) is 23.4 Å². The number of carbonyl (C=O) groups is 1. The van der Waals surface area contributed by atoms with Crippen molar-refractivity contribution in [2.24, 2.45) is 11.8 Å². The van der Waals surface area contributed by atoms with Crippen LogP contribution in [0, 0.1) is 11.8 Å². The zero-order chi connectivity index (χ0) is 24.0. The van der Waals surface area contributed by atoms with Crippen molar-refractivity contribution in [3.05, 3.63) is 18.2 Å². The molecule has 1 aromatic heterocycles. The van der Waals surface area contributed by atoms with Crippen molar-refractivity contribution in [1.82, 2.24) is 19.7 Å². The van der Waals surface area contributed by atoms with Gasteiger partial charge in [0.1, 0.15) is 0 Å². The summed E-state index contributed by atoms with van der Waals surface area (Å²) in [5.41, 5.74) is 0.877. The minimum atomic E-state index is -0.244. The van der Waals surface area contributed by atoms with E-state index in [0.29, 0.717) is 36.5 Å². The predicted molar refractivity (Wildman–Crippen MR) is 130 cm³/mol. The molecule has 1 saturated heterocycles. The molecular formula is C24H36N4O4S. The van der Waals surface area contributed by atoms with Gasteiger partial charge in [0.05, 0.1) is 19.5 Å². The Morgan fingerprint density at radius 2 is 1.82 bits per heavy atom. The molecule has 0 bridgehead atoms. The van der Waals surface area contributed by atoms with Gasteiger partial charge in [-0.1, -0.05) is 25.6 Å². The second kappa shape index (κ2) is 11.7. The van der Waals surface area contributed by atoms with Crippen molar-refractivity contribution >= 4 is 17.7 Å². The van der Waals surface area contributed by atoms with E-state index >= 15 is 0 Å². The van der Waals surface area contributed by atoms with Crippen LogP contribution in [0.3, 0.4) is 0 Å². The second-order valence-corrected chi connectivity index (χ2v) is 10.1.